The van der Waals surface area contributed by atoms with Crippen molar-refractivity contribution in [3.63, 3.8) is 0 Å². The van der Waals surface area contributed by atoms with E-state index in [1.807, 2.05) is 23.1 Å². The van der Waals surface area contributed by atoms with Crippen molar-refractivity contribution in [3.8, 4) is 5.75 Å². The molecule has 0 bridgehead atoms. The maximum absolute atomic E-state index is 13.0. The van der Waals surface area contributed by atoms with Crippen LogP contribution in [0.25, 0.3) is 0 Å². The lowest BCUT2D eigenvalue weighted by Crippen LogP contribution is -2.58. The molecule has 1 fully saturated rings. The van der Waals surface area contributed by atoms with Crippen molar-refractivity contribution in [2.75, 3.05) is 40.5 Å². The van der Waals surface area contributed by atoms with Gasteiger partial charge in [0, 0.05) is 49.9 Å². The molecule has 0 aromatic heterocycles. The molecule has 1 aliphatic rings. The molecule has 2 rings (SSSR count). The molecular formula is C18H27BrN2O3. The van der Waals surface area contributed by atoms with Crippen LogP contribution in [-0.4, -0.2) is 68.3 Å². The molecule has 0 spiro atoms. The Morgan fingerprint density at radius 1 is 1.25 bits per heavy atom. The van der Waals surface area contributed by atoms with E-state index in [-0.39, 0.29) is 5.91 Å². The molecule has 2 atom stereocenters. The Hall–Kier alpha value is -1.11. The fourth-order valence-corrected chi connectivity index (χ4v) is 3.73. The van der Waals surface area contributed by atoms with Gasteiger partial charge in [0.05, 0.1) is 12.7 Å². The Morgan fingerprint density at radius 2 is 1.92 bits per heavy atom. The lowest BCUT2D eigenvalue weighted by atomic mass is 10.1. The van der Waals surface area contributed by atoms with E-state index in [2.05, 4.69) is 34.7 Å². The molecule has 1 saturated heterocycles. The number of amides is 1. The van der Waals surface area contributed by atoms with Gasteiger partial charge in [-0.3, -0.25) is 9.69 Å². The zero-order valence-corrected chi connectivity index (χ0v) is 16.5. The number of piperazine rings is 1. The summed E-state index contributed by atoms with van der Waals surface area (Å²) in [6, 6.07) is 6.20. The van der Waals surface area contributed by atoms with Gasteiger partial charge in [0.25, 0.3) is 5.91 Å². The Kier molecular flexibility index (Phi) is 7.07. The highest BCUT2D eigenvalue weighted by Gasteiger charge is 2.32. The van der Waals surface area contributed by atoms with Crippen molar-refractivity contribution in [3.05, 3.63) is 28.2 Å². The second-order valence-corrected chi connectivity index (χ2v) is 7.25. The van der Waals surface area contributed by atoms with Gasteiger partial charge in [-0.05, 0) is 38.5 Å². The first kappa shape index (κ1) is 19.2. The molecule has 5 nitrogen and oxygen atoms in total. The van der Waals surface area contributed by atoms with Gasteiger partial charge in [0.15, 0.2) is 0 Å². The lowest BCUT2D eigenvalue weighted by molar-refractivity contribution is 0.0268. The van der Waals surface area contributed by atoms with Crippen LogP contribution in [0.4, 0.5) is 0 Å². The summed E-state index contributed by atoms with van der Waals surface area (Å²) in [6.45, 7) is 7.59. The van der Waals surface area contributed by atoms with Crippen LogP contribution in [0.3, 0.4) is 0 Å². The topological polar surface area (TPSA) is 42.0 Å². The summed E-state index contributed by atoms with van der Waals surface area (Å²) in [6.07, 6.45) is 1.01. The number of halogens is 1. The van der Waals surface area contributed by atoms with E-state index in [9.17, 15) is 4.79 Å². The van der Waals surface area contributed by atoms with E-state index < -0.39 is 0 Å². The predicted molar refractivity (Wildman–Crippen MR) is 98.7 cm³/mol. The van der Waals surface area contributed by atoms with Crippen LogP contribution in [0, 0.1) is 0 Å². The maximum Gasteiger partial charge on any atom is 0.257 e. The summed E-state index contributed by atoms with van der Waals surface area (Å²) in [5, 5.41) is 0. The third-order valence-corrected chi connectivity index (χ3v) is 5.04. The molecule has 0 N–H and O–H groups in total. The normalized spacial score (nSPS) is 21.8. The van der Waals surface area contributed by atoms with Gasteiger partial charge in [0.1, 0.15) is 5.75 Å². The number of hydrogen-bond donors (Lipinski definition) is 0. The van der Waals surface area contributed by atoms with Crippen LogP contribution in [0.15, 0.2) is 22.7 Å². The largest absolute Gasteiger partial charge is 0.496 e. The molecule has 0 saturated carbocycles. The molecule has 1 aromatic rings. The van der Waals surface area contributed by atoms with Gasteiger partial charge < -0.3 is 14.4 Å². The maximum atomic E-state index is 13.0. The molecule has 1 aromatic carbocycles. The smallest absolute Gasteiger partial charge is 0.257 e. The minimum Gasteiger partial charge on any atom is -0.496 e. The van der Waals surface area contributed by atoms with Crippen LogP contribution in [0.5, 0.6) is 5.75 Å². The van der Waals surface area contributed by atoms with E-state index in [1.165, 1.54) is 0 Å². The van der Waals surface area contributed by atoms with Gasteiger partial charge in [0.2, 0.25) is 0 Å². The Bertz CT molecular complexity index is 555. The number of carbonyl (C=O) groups excluding carboxylic acids is 1. The molecule has 1 heterocycles. The van der Waals surface area contributed by atoms with E-state index in [1.54, 1.807) is 14.2 Å². The summed E-state index contributed by atoms with van der Waals surface area (Å²) in [4.78, 5) is 17.4. The molecule has 134 valence electrons. The van der Waals surface area contributed by atoms with E-state index in [0.29, 0.717) is 23.4 Å². The van der Waals surface area contributed by atoms with Gasteiger partial charge in [-0.25, -0.2) is 0 Å². The quantitative estimate of drug-likeness (QED) is 0.690. The highest BCUT2D eigenvalue weighted by Crippen LogP contribution is 2.26. The summed E-state index contributed by atoms with van der Waals surface area (Å²) in [5.74, 6) is 0.648. The molecule has 1 amide bonds. The number of hydrogen-bond acceptors (Lipinski definition) is 4. The number of ether oxygens (including phenoxy) is 2. The molecule has 24 heavy (non-hydrogen) atoms. The minimum atomic E-state index is 0.0309. The van der Waals surface area contributed by atoms with E-state index in [4.69, 9.17) is 9.47 Å². The fraction of sp³-hybridized carbons (Fsp3) is 0.611. The standard InChI is InChI=1S/C18H27BrN2O3/c1-13-11-20(12-14(2)21(13)8-5-9-23-3)18(22)16-10-15(19)6-7-17(16)24-4/h6-7,10,13-14H,5,8-9,11-12H2,1-4H3. The fourth-order valence-electron chi connectivity index (χ4n) is 3.37. The molecule has 1 aliphatic heterocycles. The Balaban J connectivity index is 2.09. The van der Waals surface area contributed by atoms with Crippen LogP contribution in [-0.2, 0) is 4.74 Å². The predicted octanol–water partition coefficient (Wildman–Crippen LogP) is 3.03. The van der Waals surface area contributed by atoms with Crippen molar-refractivity contribution in [2.24, 2.45) is 0 Å². The van der Waals surface area contributed by atoms with Gasteiger partial charge >= 0.3 is 0 Å². The highest BCUT2D eigenvalue weighted by molar-refractivity contribution is 9.10. The van der Waals surface area contributed by atoms with Crippen LogP contribution in [0.2, 0.25) is 0 Å². The van der Waals surface area contributed by atoms with Gasteiger partial charge in [-0.1, -0.05) is 15.9 Å². The van der Waals surface area contributed by atoms with E-state index >= 15 is 0 Å². The minimum absolute atomic E-state index is 0.0309. The monoisotopic (exact) mass is 398 g/mol. The first-order valence-electron chi connectivity index (χ1n) is 8.35. The third-order valence-electron chi connectivity index (χ3n) is 4.55. The molecular weight excluding hydrogens is 372 g/mol. The Morgan fingerprint density at radius 3 is 2.50 bits per heavy atom. The zero-order chi connectivity index (χ0) is 17.7. The zero-order valence-electron chi connectivity index (χ0n) is 14.9. The second-order valence-electron chi connectivity index (χ2n) is 6.34. The first-order chi connectivity index (χ1) is 11.5. The SMILES string of the molecule is COCCCN1C(C)CN(C(=O)c2cc(Br)ccc2OC)CC1C. The average Bonchev–Trinajstić information content (AvgIpc) is 2.56. The summed E-state index contributed by atoms with van der Waals surface area (Å²) >= 11 is 3.44. The van der Waals surface area contributed by atoms with Crippen LogP contribution < -0.4 is 4.74 Å². The molecule has 0 radical (unpaired) electrons. The van der Waals surface area contributed by atoms with Crippen molar-refractivity contribution >= 4 is 21.8 Å². The number of rotatable bonds is 6. The van der Waals surface area contributed by atoms with Gasteiger partial charge in [-0.15, -0.1) is 0 Å². The van der Waals surface area contributed by atoms with Crippen molar-refractivity contribution in [1.29, 1.82) is 0 Å². The van der Waals surface area contributed by atoms with Crippen molar-refractivity contribution in [1.82, 2.24) is 9.80 Å². The lowest BCUT2D eigenvalue weighted by Gasteiger charge is -2.44. The summed E-state index contributed by atoms with van der Waals surface area (Å²) in [7, 11) is 3.33. The van der Waals surface area contributed by atoms with Crippen LogP contribution in [0.1, 0.15) is 30.6 Å². The van der Waals surface area contributed by atoms with E-state index in [0.717, 1.165) is 37.1 Å². The molecule has 0 aliphatic carbocycles. The molecule has 6 heteroatoms. The number of methoxy groups -OCH3 is 2. The third kappa shape index (κ3) is 4.49. The van der Waals surface area contributed by atoms with Crippen molar-refractivity contribution in [2.45, 2.75) is 32.4 Å². The number of benzene rings is 1. The summed E-state index contributed by atoms with van der Waals surface area (Å²) in [5.41, 5.74) is 0.610. The number of carbonyl (C=O) groups is 1. The average molecular weight is 399 g/mol. The molecule has 2 unspecified atom stereocenters. The highest BCUT2D eigenvalue weighted by atomic mass is 79.9. The number of nitrogens with zero attached hydrogens (tertiary/aromatic N) is 2. The second kappa shape index (κ2) is 8.83. The van der Waals surface area contributed by atoms with Crippen LogP contribution >= 0.6 is 15.9 Å². The first-order valence-corrected chi connectivity index (χ1v) is 9.14. The van der Waals surface area contributed by atoms with Gasteiger partial charge in [-0.2, -0.15) is 0 Å². The Labute approximate surface area is 153 Å². The van der Waals surface area contributed by atoms with Crippen molar-refractivity contribution < 1.29 is 14.3 Å². The summed E-state index contributed by atoms with van der Waals surface area (Å²) < 4.78 is 11.4.